The molecule has 2 heterocycles. The van der Waals surface area contributed by atoms with Crippen molar-refractivity contribution in [2.24, 2.45) is 5.92 Å². The summed E-state index contributed by atoms with van der Waals surface area (Å²) in [6.07, 6.45) is -1.11. The second-order valence-corrected chi connectivity index (χ2v) is 5.62. The van der Waals surface area contributed by atoms with Crippen molar-refractivity contribution in [3.63, 3.8) is 0 Å². The maximum atomic E-state index is 13.1. The molecular formula is C16H18F2N4O. The van der Waals surface area contributed by atoms with Crippen LogP contribution in [0.25, 0.3) is 10.9 Å². The van der Waals surface area contributed by atoms with Crippen LogP contribution < -0.4 is 10.2 Å². The minimum atomic E-state index is -2.72. The molecule has 1 saturated heterocycles. The Morgan fingerprint density at radius 2 is 2.13 bits per heavy atom. The van der Waals surface area contributed by atoms with Crippen LogP contribution in [0.3, 0.4) is 0 Å². The number of carbonyl (C=O) groups is 1. The minimum absolute atomic E-state index is 0.0258. The Kier molecular flexibility index (Phi) is 4.36. The molecule has 1 fully saturated rings. The largest absolute Gasteiger partial charge is 0.359 e. The van der Waals surface area contributed by atoms with Crippen LogP contribution in [0.15, 0.2) is 24.3 Å². The van der Waals surface area contributed by atoms with Crippen molar-refractivity contribution in [1.82, 2.24) is 15.3 Å². The first-order valence-corrected chi connectivity index (χ1v) is 7.61. The number of carbonyl (C=O) groups excluding carboxylic acids is 1. The van der Waals surface area contributed by atoms with Crippen molar-refractivity contribution in [3.8, 4) is 0 Å². The van der Waals surface area contributed by atoms with Gasteiger partial charge in [0.25, 0.3) is 6.43 Å². The van der Waals surface area contributed by atoms with E-state index in [0.717, 1.165) is 18.2 Å². The number of fused-ring (bicyclic) bond motifs is 1. The third-order valence-corrected chi connectivity index (χ3v) is 4.13. The molecule has 1 amide bonds. The molecule has 1 aliphatic rings. The zero-order chi connectivity index (χ0) is 16.4. The lowest BCUT2D eigenvalue weighted by Gasteiger charge is -2.33. The van der Waals surface area contributed by atoms with E-state index in [1.807, 2.05) is 17.0 Å². The van der Waals surface area contributed by atoms with Gasteiger partial charge in [-0.05, 0) is 25.0 Å². The van der Waals surface area contributed by atoms with Gasteiger partial charge >= 0.3 is 0 Å². The summed E-state index contributed by atoms with van der Waals surface area (Å²) in [6.45, 7) is 1.17. The van der Waals surface area contributed by atoms with E-state index in [9.17, 15) is 13.6 Å². The number of benzene rings is 1. The minimum Gasteiger partial charge on any atom is -0.359 e. The third-order valence-electron chi connectivity index (χ3n) is 4.13. The second kappa shape index (κ2) is 6.44. The van der Waals surface area contributed by atoms with Crippen molar-refractivity contribution in [3.05, 3.63) is 30.1 Å². The summed E-state index contributed by atoms with van der Waals surface area (Å²) in [5.41, 5.74) is 0.495. The summed E-state index contributed by atoms with van der Waals surface area (Å²) in [7, 11) is 1.61. The first kappa shape index (κ1) is 15.6. The van der Waals surface area contributed by atoms with Crippen LogP contribution in [0.5, 0.6) is 0 Å². The molecule has 7 heteroatoms. The number of amides is 1. The van der Waals surface area contributed by atoms with E-state index in [-0.39, 0.29) is 11.8 Å². The Hall–Kier alpha value is -2.31. The summed E-state index contributed by atoms with van der Waals surface area (Å²) in [5.74, 6) is -0.167. The van der Waals surface area contributed by atoms with Crippen molar-refractivity contribution in [2.45, 2.75) is 19.3 Å². The highest BCUT2D eigenvalue weighted by Crippen LogP contribution is 2.30. The van der Waals surface area contributed by atoms with Crippen molar-refractivity contribution in [1.29, 1.82) is 0 Å². The molecule has 1 unspecified atom stereocenters. The number of aromatic nitrogens is 2. The van der Waals surface area contributed by atoms with Crippen LogP contribution in [0.2, 0.25) is 0 Å². The van der Waals surface area contributed by atoms with E-state index in [2.05, 4.69) is 15.3 Å². The molecule has 122 valence electrons. The Labute approximate surface area is 132 Å². The summed E-state index contributed by atoms with van der Waals surface area (Å²) in [5, 5.41) is 3.39. The molecule has 0 radical (unpaired) electrons. The predicted molar refractivity (Wildman–Crippen MR) is 83.5 cm³/mol. The van der Waals surface area contributed by atoms with Gasteiger partial charge in [0.2, 0.25) is 5.91 Å². The van der Waals surface area contributed by atoms with E-state index in [1.165, 1.54) is 0 Å². The average molecular weight is 320 g/mol. The number of rotatable bonds is 3. The number of alkyl halides is 2. The van der Waals surface area contributed by atoms with Crippen LogP contribution >= 0.6 is 0 Å². The Morgan fingerprint density at radius 3 is 2.87 bits per heavy atom. The highest BCUT2D eigenvalue weighted by atomic mass is 19.3. The number of hydrogen-bond acceptors (Lipinski definition) is 4. The molecule has 1 aromatic heterocycles. The molecule has 23 heavy (non-hydrogen) atoms. The topological polar surface area (TPSA) is 58.1 Å². The molecule has 1 atom stereocenters. The molecule has 0 spiro atoms. The molecule has 1 aromatic carbocycles. The number of para-hydroxylation sites is 1. The number of hydrogen-bond donors (Lipinski definition) is 1. The van der Waals surface area contributed by atoms with Gasteiger partial charge < -0.3 is 10.2 Å². The van der Waals surface area contributed by atoms with E-state index in [1.54, 1.807) is 19.2 Å². The summed E-state index contributed by atoms with van der Waals surface area (Å²) >= 11 is 0. The van der Waals surface area contributed by atoms with Crippen LogP contribution in [0.4, 0.5) is 14.6 Å². The van der Waals surface area contributed by atoms with Gasteiger partial charge in [0.05, 0.1) is 11.4 Å². The van der Waals surface area contributed by atoms with Crippen LogP contribution in [0, 0.1) is 5.92 Å². The Bertz CT molecular complexity index is 722. The molecule has 0 saturated carbocycles. The zero-order valence-corrected chi connectivity index (χ0v) is 12.8. The highest BCUT2D eigenvalue weighted by Gasteiger charge is 2.27. The first-order valence-electron chi connectivity index (χ1n) is 7.61. The average Bonchev–Trinajstić information content (AvgIpc) is 2.60. The van der Waals surface area contributed by atoms with E-state index in [4.69, 9.17) is 0 Å². The molecule has 2 aromatic rings. The van der Waals surface area contributed by atoms with Gasteiger partial charge in [-0.1, -0.05) is 12.1 Å². The number of halogens is 2. The summed E-state index contributed by atoms with van der Waals surface area (Å²) in [4.78, 5) is 21.8. The van der Waals surface area contributed by atoms with Crippen LogP contribution in [-0.4, -0.2) is 36.0 Å². The zero-order valence-electron chi connectivity index (χ0n) is 12.8. The van der Waals surface area contributed by atoms with Gasteiger partial charge in [-0.3, -0.25) is 4.79 Å². The van der Waals surface area contributed by atoms with Crippen molar-refractivity contribution >= 4 is 22.6 Å². The quantitative estimate of drug-likeness (QED) is 0.944. The van der Waals surface area contributed by atoms with E-state index >= 15 is 0 Å². The summed E-state index contributed by atoms with van der Waals surface area (Å²) in [6, 6.07) is 7.12. The van der Waals surface area contributed by atoms with Gasteiger partial charge in [-0.25, -0.2) is 18.7 Å². The van der Waals surface area contributed by atoms with E-state index < -0.39 is 12.2 Å². The van der Waals surface area contributed by atoms with Crippen LogP contribution in [0.1, 0.15) is 25.1 Å². The molecule has 0 aliphatic carbocycles. The fourth-order valence-electron chi connectivity index (χ4n) is 3.00. The maximum absolute atomic E-state index is 13.1. The van der Waals surface area contributed by atoms with Crippen LogP contribution in [-0.2, 0) is 4.79 Å². The lowest BCUT2D eigenvalue weighted by molar-refractivity contribution is -0.124. The fourth-order valence-corrected chi connectivity index (χ4v) is 3.00. The Balaban J connectivity index is 2.02. The van der Waals surface area contributed by atoms with Gasteiger partial charge in [0.15, 0.2) is 5.82 Å². The monoisotopic (exact) mass is 320 g/mol. The third kappa shape index (κ3) is 3.09. The lowest BCUT2D eigenvalue weighted by Crippen LogP contribution is -2.42. The number of anilines is 1. The molecular weight excluding hydrogens is 302 g/mol. The molecule has 3 rings (SSSR count). The van der Waals surface area contributed by atoms with Crippen molar-refractivity contribution < 1.29 is 13.6 Å². The van der Waals surface area contributed by atoms with Gasteiger partial charge in [-0.15, -0.1) is 0 Å². The maximum Gasteiger partial charge on any atom is 0.297 e. The second-order valence-electron chi connectivity index (χ2n) is 5.62. The highest BCUT2D eigenvalue weighted by molar-refractivity contribution is 5.90. The van der Waals surface area contributed by atoms with Gasteiger partial charge in [0.1, 0.15) is 5.82 Å². The van der Waals surface area contributed by atoms with E-state index in [0.29, 0.717) is 24.4 Å². The van der Waals surface area contributed by atoms with Crippen molar-refractivity contribution in [2.75, 3.05) is 25.0 Å². The lowest BCUT2D eigenvalue weighted by atomic mass is 9.97. The summed E-state index contributed by atoms with van der Waals surface area (Å²) < 4.78 is 26.2. The molecule has 1 aliphatic heterocycles. The fraction of sp³-hybridized carbons (Fsp3) is 0.438. The smallest absolute Gasteiger partial charge is 0.297 e. The van der Waals surface area contributed by atoms with Gasteiger partial charge in [0, 0.05) is 25.5 Å². The molecule has 5 nitrogen and oxygen atoms in total. The molecule has 0 bridgehead atoms. The predicted octanol–water partition coefficient (Wildman–Crippen LogP) is 2.53. The SMILES string of the molecule is CNC(=O)C1CCCN(c2nc(C(F)F)nc3ccccc23)C1. The number of nitrogens with one attached hydrogen (secondary N) is 1. The standard InChI is InChI=1S/C16H18F2N4O/c1-19-16(23)10-5-4-8-22(9-10)15-11-6-2-3-7-12(11)20-14(21-15)13(17)18/h2-3,6-7,10,13H,4-5,8-9H2,1H3,(H,19,23). The number of nitrogens with zero attached hydrogens (tertiary/aromatic N) is 3. The first-order chi connectivity index (χ1) is 11.1. The normalized spacial score (nSPS) is 18.4. The number of piperidine rings is 1. The molecule has 1 N–H and O–H groups in total. The Morgan fingerprint density at radius 1 is 1.35 bits per heavy atom. The van der Waals surface area contributed by atoms with Gasteiger partial charge in [-0.2, -0.15) is 0 Å².